The summed E-state index contributed by atoms with van der Waals surface area (Å²) in [5.41, 5.74) is 1.14. The summed E-state index contributed by atoms with van der Waals surface area (Å²) < 4.78 is 38.0. The fraction of sp³-hybridized carbons (Fsp3) is 0.409. The van der Waals surface area contributed by atoms with Crippen molar-refractivity contribution >= 4 is 21.6 Å². The zero-order valence-corrected chi connectivity index (χ0v) is 19.0. The first-order valence-electron chi connectivity index (χ1n) is 9.94. The number of hydrogen-bond acceptors (Lipinski definition) is 5. The smallest absolute Gasteiger partial charge is 0.243 e. The Morgan fingerprint density at radius 3 is 2.23 bits per heavy atom. The van der Waals surface area contributed by atoms with Gasteiger partial charge in [-0.1, -0.05) is 26.0 Å². The molecule has 0 bridgehead atoms. The number of nitrogens with zero attached hydrogens (tertiary/aromatic N) is 1. The fourth-order valence-electron chi connectivity index (χ4n) is 2.96. The lowest BCUT2D eigenvalue weighted by molar-refractivity contribution is -0.115. The van der Waals surface area contributed by atoms with Crippen LogP contribution in [-0.2, 0) is 21.2 Å². The van der Waals surface area contributed by atoms with Gasteiger partial charge < -0.3 is 14.8 Å². The average molecular weight is 435 g/mol. The zero-order valence-electron chi connectivity index (χ0n) is 18.1. The van der Waals surface area contributed by atoms with Crippen molar-refractivity contribution in [3.05, 3.63) is 48.0 Å². The van der Waals surface area contributed by atoms with Crippen LogP contribution in [0.15, 0.2) is 47.4 Å². The number of sulfonamides is 1. The molecular weight excluding hydrogens is 404 g/mol. The summed E-state index contributed by atoms with van der Waals surface area (Å²) >= 11 is 0. The second-order valence-electron chi connectivity index (χ2n) is 6.99. The standard InChI is InChI=1S/C22H30N2O5S/c1-6-24(7-2)30(26,27)19-12-13-21(29-16(3)4)20(15-19)23-22(25)14-17-8-10-18(28-5)11-9-17/h8-13,15-16H,6-7,14H2,1-5H3,(H,23,25). The van der Waals surface area contributed by atoms with Crippen molar-refractivity contribution in [1.29, 1.82) is 0 Å². The van der Waals surface area contributed by atoms with Crippen LogP contribution in [0.2, 0.25) is 0 Å². The van der Waals surface area contributed by atoms with Crippen LogP contribution in [0.5, 0.6) is 11.5 Å². The normalized spacial score (nSPS) is 11.6. The molecule has 0 aliphatic carbocycles. The van der Waals surface area contributed by atoms with Crippen LogP contribution in [-0.4, -0.2) is 44.9 Å². The van der Waals surface area contributed by atoms with Crippen molar-refractivity contribution < 1.29 is 22.7 Å². The lowest BCUT2D eigenvalue weighted by Crippen LogP contribution is -2.30. The summed E-state index contributed by atoms with van der Waals surface area (Å²) in [5, 5.41) is 2.80. The second-order valence-corrected chi connectivity index (χ2v) is 8.92. The van der Waals surface area contributed by atoms with Crippen molar-refractivity contribution in [2.75, 3.05) is 25.5 Å². The minimum Gasteiger partial charge on any atom is -0.497 e. The Bertz CT molecular complexity index is 952. The Morgan fingerprint density at radius 2 is 1.70 bits per heavy atom. The van der Waals surface area contributed by atoms with Crippen LogP contribution in [0, 0.1) is 0 Å². The molecule has 0 atom stereocenters. The van der Waals surface area contributed by atoms with E-state index in [0.717, 1.165) is 5.56 Å². The Morgan fingerprint density at radius 1 is 1.07 bits per heavy atom. The molecule has 0 saturated heterocycles. The van der Waals surface area contributed by atoms with Crippen LogP contribution in [0.25, 0.3) is 0 Å². The summed E-state index contributed by atoms with van der Waals surface area (Å²) in [6.07, 6.45) is 0.00508. The van der Waals surface area contributed by atoms with Gasteiger partial charge in [-0.05, 0) is 49.7 Å². The summed E-state index contributed by atoms with van der Waals surface area (Å²) in [5.74, 6) is 0.860. The topological polar surface area (TPSA) is 84.9 Å². The van der Waals surface area contributed by atoms with E-state index in [0.29, 0.717) is 30.3 Å². The van der Waals surface area contributed by atoms with Crippen molar-refractivity contribution in [3.63, 3.8) is 0 Å². The van der Waals surface area contributed by atoms with Crippen molar-refractivity contribution in [3.8, 4) is 11.5 Å². The molecule has 0 saturated carbocycles. The first-order chi connectivity index (χ1) is 14.2. The maximum Gasteiger partial charge on any atom is 0.243 e. The molecule has 0 aliphatic rings. The maximum absolute atomic E-state index is 12.9. The van der Waals surface area contributed by atoms with Crippen LogP contribution in [0.4, 0.5) is 5.69 Å². The molecule has 0 radical (unpaired) electrons. The monoisotopic (exact) mass is 434 g/mol. The summed E-state index contributed by atoms with van der Waals surface area (Å²) in [4.78, 5) is 12.7. The Kier molecular flexibility index (Phi) is 8.25. The van der Waals surface area contributed by atoms with Crippen molar-refractivity contribution in [2.24, 2.45) is 0 Å². The number of ether oxygens (including phenoxy) is 2. The van der Waals surface area contributed by atoms with Crippen LogP contribution in [0.1, 0.15) is 33.3 Å². The van der Waals surface area contributed by atoms with Gasteiger partial charge in [-0.2, -0.15) is 4.31 Å². The number of nitrogens with one attached hydrogen (secondary N) is 1. The maximum atomic E-state index is 12.9. The van der Waals surface area contributed by atoms with E-state index in [9.17, 15) is 13.2 Å². The summed E-state index contributed by atoms with van der Waals surface area (Å²) in [6.45, 7) is 8.03. The number of rotatable bonds is 10. The van der Waals surface area contributed by atoms with Gasteiger partial charge in [-0.25, -0.2) is 8.42 Å². The van der Waals surface area contributed by atoms with Gasteiger partial charge in [-0.3, -0.25) is 4.79 Å². The van der Waals surface area contributed by atoms with Gasteiger partial charge in [0.15, 0.2) is 0 Å². The molecule has 30 heavy (non-hydrogen) atoms. The minimum absolute atomic E-state index is 0.113. The Hall–Kier alpha value is -2.58. The van der Waals surface area contributed by atoms with E-state index in [2.05, 4.69) is 5.32 Å². The van der Waals surface area contributed by atoms with Gasteiger partial charge in [0.25, 0.3) is 0 Å². The van der Waals surface area contributed by atoms with Crippen LogP contribution >= 0.6 is 0 Å². The molecular formula is C22H30N2O5S. The Balaban J connectivity index is 2.31. The van der Waals surface area contributed by atoms with Gasteiger partial charge in [0.1, 0.15) is 11.5 Å². The lowest BCUT2D eigenvalue weighted by Gasteiger charge is -2.20. The van der Waals surface area contributed by atoms with Gasteiger partial charge in [-0.15, -0.1) is 0 Å². The highest BCUT2D eigenvalue weighted by Gasteiger charge is 2.23. The first-order valence-corrected chi connectivity index (χ1v) is 11.4. The fourth-order valence-corrected chi connectivity index (χ4v) is 4.44. The van der Waals surface area contributed by atoms with E-state index in [-0.39, 0.29) is 23.3 Å². The molecule has 0 spiro atoms. The number of amides is 1. The molecule has 0 heterocycles. The predicted octanol–water partition coefficient (Wildman–Crippen LogP) is 3.69. The number of benzene rings is 2. The Labute approximate surface area is 179 Å². The van der Waals surface area contributed by atoms with E-state index >= 15 is 0 Å². The van der Waals surface area contributed by atoms with Crippen LogP contribution in [0.3, 0.4) is 0 Å². The van der Waals surface area contributed by atoms with Crippen molar-refractivity contribution in [1.82, 2.24) is 4.31 Å². The molecule has 0 fully saturated rings. The summed E-state index contributed by atoms with van der Waals surface area (Å²) in [7, 11) is -2.08. The molecule has 164 valence electrons. The highest BCUT2D eigenvalue weighted by atomic mass is 32.2. The van der Waals surface area contributed by atoms with Crippen molar-refractivity contribution in [2.45, 2.75) is 45.1 Å². The third-order valence-corrected chi connectivity index (χ3v) is 6.50. The van der Waals surface area contributed by atoms with E-state index in [4.69, 9.17) is 9.47 Å². The quantitative estimate of drug-likeness (QED) is 0.616. The molecule has 1 amide bonds. The average Bonchev–Trinajstić information content (AvgIpc) is 2.70. The second kappa shape index (κ2) is 10.4. The number of carbonyl (C=O) groups is 1. The van der Waals surface area contributed by atoms with Gasteiger partial charge in [0.2, 0.25) is 15.9 Å². The number of carbonyl (C=O) groups excluding carboxylic acids is 1. The molecule has 8 heteroatoms. The summed E-state index contributed by atoms with van der Waals surface area (Å²) in [6, 6.07) is 11.7. The molecule has 0 aromatic heterocycles. The molecule has 1 N–H and O–H groups in total. The number of hydrogen-bond donors (Lipinski definition) is 1. The molecule has 2 aromatic carbocycles. The molecule has 7 nitrogen and oxygen atoms in total. The molecule has 0 aliphatic heterocycles. The van der Waals surface area contributed by atoms with E-state index in [1.807, 2.05) is 26.0 Å². The minimum atomic E-state index is -3.66. The van der Waals surface area contributed by atoms with E-state index in [1.54, 1.807) is 39.2 Å². The highest BCUT2D eigenvalue weighted by molar-refractivity contribution is 7.89. The molecule has 2 rings (SSSR count). The predicted molar refractivity (Wildman–Crippen MR) is 118 cm³/mol. The first kappa shape index (κ1) is 23.7. The highest BCUT2D eigenvalue weighted by Crippen LogP contribution is 2.30. The molecule has 2 aromatic rings. The largest absolute Gasteiger partial charge is 0.497 e. The van der Waals surface area contributed by atoms with E-state index < -0.39 is 10.0 Å². The third-order valence-electron chi connectivity index (χ3n) is 4.45. The van der Waals surface area contributed by atoms with E-state index in [1.165, 1.54) is 16.4 Å². The zero-order chi connectivity index (χ0) is 22.3. The number of anilines is 1. The lowest BCUT2D eigenvalue weighted by atomic mass is 10.1. The van der Waals surface area contributed by atoms with Gasteiger partial charge in [0.05, 0.1) is 30.2 Å². The van der Waals surface area contributed by atoms with Gasteiger partial charge >= 0.3 is 0 Å². The third kappa shape index (κ3) is 5.96. The SMILES string of the molecule is CCN(CC)S(=O)(=O)c1ccc(OC(C)C)c(NC(=O)Cc2ccc(OC)cc2)c1. The number of methoxy groups -OCH3 is 1. The molecule has 0 unspecified atom stereocenters. The van der Waals surface area contributed by atoms with Crippen LogP contribution < -0.4 is 14.8 Å². The van der Waals surface area contributed by atoms with Gasteiger partial charge in [0, 0.05) is 13.1 Å².